The summed E-state index contributed by atoms with van der Waals surface area (Å²) in [5.41, 5.74) is 0.374. The van der Waals surface area contributed by atoms with Crippen molar-refractivity contribution in [3.63, 3.8) is 0 Å². The second-order valence-corrected chi connectivity index (χ2v) is 5.04. The first kappa shape index (κ1) is 17.8. The fourth-order valence-electron chi connectivity index (χ4n) is 2.16. The number of benzene rings is 1. The number of methoxy groups -OCH3 is 1. The van der Waals surface area contributed by atoms with Crippen LogP contribution in [0.1, 0.15) is 12.1 Å². The molecule has 0 aliphatic heterocycles. The van der Waals surface area contributed by atoms with Crippen LogP contribution in [0.3, 0.4) is 0 Å². The normalized spacial score (nSPS) is 10.3. The number of aryl methyl sites for hydroxylation is 1. The quantitative estimate of drug-likeness (QED) is 0.595. The molecule has 1 N–H and O–H groups in total. The molecular weight excluding hydrogens is 334 g/mol. The van der Waals surface area contributed by atoms with Gasteiger partial charge in [0.15, 0.2) is 0 Å². The van der Waals surface area contributed by atoms with Crippen molar-refractivity contribution in [1.82, 2.24) is 9.78 Å². The third kappa shape index (κ3) is 4.07. The van der Waals surface area contributed by atoms with Crippen molar-refractivity contribution in [2.75, 3.05) is 12.4 Å². The number of ether oxygens (including phenoxy) is 1. The van der Waals surface area contributed by atoms with Gasteiger partial charge in [-0.25, -0.2) is 0 Å². The Morgan fingerprint density at radius 1 is 1.32 bits per heavy atom. The first-order valence-corrected chi connectivity index (χ1v) is 7.12. The van der Waals surface area contributed by atoms with Gasteiger partial charge in [0, 0.05) is 12.5 Å². The maximum atomic E-state index is 12.0. The largest absolute Gasteiger partial charge is 0.494 e. The standard InChI is InChI=1S/C14H15N5O6/c1-9-12(19(23)24)8-15-17(9)6-5-14(20)16-11-4-3-10(18(21)22)7-13(11)25-2/h3-4,7-8H,5-6H2,1-2H3,(H,16,20). The summed E-state index contributed by atoms with van der Waals surface area (Å²) in [5.74, 6) is -0.224. The van der Waals surface area contributed by atoms with Crippen LogP contribution in [0.5, 0.6) is 5.75 Å². The number of carbonyl (C=O) groups excluding carboxylic acids is 1. The molecule has 2 aromatic rings. The van der Waals surface area contributed by atoms with E-state index >= 15 is 0 Å². The average molecular weight is 349 g/mol. The van der Waals surface area contributed by atoms with Crippen molar-refractivity contribution in [2.24, 2.45) is 0 Å². The first-order chi connectivity index (χ1) is 11.8. The molecule has 25 heavy (non-hydrogen) atoms. The molecule has 132 valence electrons. The van der Waals surface area contributed by atoms with E-state index in [0.29, 0.717) is 11.4 Å². The summed E-state index contributed by atoms with van der Waals surface area (Å²) in [6.45, 7) is 1.70. The molecule has 0 spiro atoms. The van der Waals surface area contributed by atoms with Crippen LogP contribution in [0.4, 0.5) is 17.1 Å². The molecule has 0 radical (unpaired) electrons. The highest BCUT2D eigenvalue weighted by Crippen LogP contribution is 2.29. The number of nitro groups is 2. The Labute approximate surface area is 141 Å². The number of hydrogen-bond donors (Lipinski definition) is 1. The van der Waals surface area contributed by atoms with Crippen LogP contribution in [0.2, 0.25) is 0 Å². The van der Waals surface area contributed by atoms with Gasteiger partial charge in [-0.1, -0.05) is 0 Å². The SMILES string of the molecule is COc1cc([N+](=O)[O-])ccc1NC(=O)CCn1ncc([N+](=O)[O-])c1C. The second kappa shape index (κ2) is 7.38. The predicted molar refractivity (Wildman–Crippen MR) is 86.5 cm³/mol. The summed E-state index contributed by atoms with van der Waals surface area (Å²) in [5, 5.41) is 28.0. The highest BCUT2D eigenvalue weighted by atomic mass is 16.6. The zero-order chi connectivity index (χ0) is 18.6. The van der Waals surface area contributed by atoms with Gasteiger partial charge in [-0.05, 0) is 13.0 Å². The van der Waals surface area contributed by atoms with Crippen molar-refractivity contribution in [1.29, 1.82) is 0 Å². The number of non-ortho nitro benzene ring substituents is 1. The summed E-state index contributed by atoms with van der Waals surface area (Å²) < 4.78 is 6.40. The minimum atomic E-state index is -0.568. The van der Waals surface area contributed by atoms with E-state index in [2.05, 4.69) is 10.4 Å². The summed E-state index contributed by atoms with van der Waals surface area (Å²) in [6, 6.07) is 3.83. The lowest BCUT2D eigenvalue weighted by Crippen LogP contribution is -2.16. The van der Waals surface area contributed by atoms with Gasteiger partial charge >= 0.3 is 5.69 Å². The van der Waals surface area contributed by atoms with Crippen molar-refractivity contribution in [3.8, 4) is 5.75 Å². The lowest BCUT2D eigenvalue weighted by molar-refractivity contribution is -0.385. The van der Waals surface area contributed by atoms with Crippen molar-refractivity contribution in [3.05, 3.63) is 50.3 Å². The number of nitro benzene ring substituents is 1. The van der Waals surface area contributed by atoms with Gasteiger partial charge in [0.1, 0.15) is 17.6 Å². The Bertz CT molecular complexity index is 831. The monoisotopic (exact) mass is 349 g/mol. The zero-order valence-electron chi connectivity index (χ0n) is 13.5. The molecule has 0 aliphatic rings. The molecule has 0 fully saturated rings. The number of carbonyl (C=O) groups is 1. The minimum Gasteiger partial charge on any atom is -0.494 e. The van der Waals surface area contributed by atoms with Crippen molar-refractivity contribution in [2.45, 2.75) is 19.9 Å². The number of hydrogen-bond acceptors (Lipinski definition) is 7. The van der Waals surface area contributed by atoms with Crippen LogP contribution in [0, 0.1) is 27.2 Å². The fraction of sp³-hybridized carbons (Fsp3) is 0.286. The van der Waals surface area contributed by atoms with Crippen LogP contribution in [-0.4, -0.2) is 32.6 Å². The van der Waals surface area contributed by atoms with E-state index in [9.17, 15) is 25.0 Å². The van der Waals surface area contributed by atoms with Crippen molar-refractivity contribution >= 4 is 23.0 Å². The number of nitrogens with zero attached hydrogens (tertiary/aromatic N) is 4. The Hall–Kier alpha value is -3.50. The maximum Gasteiger partial charge on any atom is 0.309 e. The van der Waals surface area contributed by atoms with Gasteiger partial charge in [-0.15, -0.1) is 0 Å². The van der Waals surface area contributed by atoms with Crippen LogP contribution in [0.25, 0.3) is 0 Å². The van der Waals surface area contributed by atoms with E-state index in [0.717, 1.165) is 6.20 Å². The Balaban J connectivity index is 2.03. The molecule has 0 bridgehead atoms. The first-order valence-electron chi connectivity index (χ1n) is 7.12. The third-order valence-corrected chi connectivity index (χ3v) is 3.49. The van der Waals surface area contributed by atoms with Crippen molar-refractivity contribution < 1.29 is 19.4 Å². The van der Waals surface area contributed by atoms with Crippen LogP contribution >= 0.6 is 0 Å². The second-order valence-electron chi connectivity index (χ2n) is 5.04. The number of amides is 1. The molecule has 1 amide bonds. The van der Waals surface area contributed by atoms with E-state index in [4.69, 9.17) is 4.74 Å². The van der Waals surface area contributed by atoms with E-state index < -0.39 is 9.85 Å². The molecule has 1 aromatic carbocycles. The third-order valence-electron chi connectivity index (χ3n) is 3.49. The van der Waals surface area contributed by atoms with Crippen LogP contribution < -0.4 is 10.1 Å². The summed E-state index contributed by atoms with van der Waals surface area (Å²) in [7, 11) is 1.33. The number of anilines is 1. The number of aromatic nitrogens is 2. The predicted octanol–water partition coefficient (Wildman–Crippen LogP) is 2.05. The van der Waals surface area contributed by atoms with Gasteiger partial charge in [0.25, 0.3) is 5.69 Å². The summed E-state index contributed by atoms with van der Waals surface area (Å²) >= 11 is 0. The maximum absolute atomic E-state index is 12.0. The molecule has 2 rings (SSSR count). The smallest absolute Gasteiger partial charge is 0.309 e. The highest BCUT2D eigenvalue weighted by molar-refractivity contribution is 5.92. The molecule has 0 saturated heterocycles. The molecule has 1 heterocycles. The van der Waals surface area contributed by atoms with Gasteiger partial charge in [-0.2, -0.15) is 5.10 Å². The minimum absolute atomic E-state index is 0.0137. The molecule has 0 unspecified atom stereocenters. The summed E-state index contributed by atoms with van der Waals surface area (Å²) in [4.78, 5) is 32.5. The topological polar surface area (TPSA) is 142 Å². The molecule has 0 saturated carbocycles. The highest BCUT2D eigenvalue weighted by Gasteiger charge is 2.17. The lowest BCUT2D eigenvalue weighted by atomic mass is 10.2. The lowest BCUT2D eigenvalue weighted by Gasteiger charge is -2.10. The van der Waals surface area contributed by atoms with Gasteiger partial charge in [0.2, 0.25) is 5.91 Å². The Morgan fingerprint density at radius 2 is 2.04 bits per heavy atom. The van der Waals surface area contributed by atoms with E-state index in [1.54, 1.807) is 6.92 Å². The van der Waals surface area contributed by atoms with Crippen LogP contribution in [-0.2, 0) is 11.3 Å². The Morgan fingerprint density at radius 3 is 2.60 bits per heavy atom. The Kier molecular flexibility index (Phi) is 5.27. The zero-order valence-corrected chi connectivity index (χ0v) is 13.5. The molecule has 0 aliphatic carbocycles. The van der Waals surface area contributed by atoms with E-state index in [1.165, 1.54) is 30.0 Å². The molecule has 1 aromatic heterocycles. The van der Waals surface area contributed by atoms with Crippen LogP contribution in [0.15, 0.2) is 24.4 Å². The van der Waals surface area contributed by atoms with E-state index in [-0.39, 0.29) is 36.0 Å². The van der Waals surface area contributed by atoms with Gasteiger partial charge in [0.05, 0.1) is 35.3 Å². The molecular formula is C14H15N5O6. The number of nitrogens with one attached hydrogen (secondary N) is 1. The average Bonchev–Trinajstić information content (AvgIpc) is 2.94. The van der Waals surface area contributed by atoms with Gasteiger partial charge < -0.3 is 10.1 Å². The van der Waals surface area contributed by atoms with Gasteiger partial charge in [-0.3, -0.25) is 29.7 Å². The fourth-order valence-corrected chi connectivity index (χ4v) is 2.16. The molecule has 0 atom stereocenters. The molecule has 11 nitrogen and oxygen atoms in total. The summed E-state index contributed by atoms with van der Waals surface area (Å²) in [6.07, 6.45) is 1.15. The number of rotatable bonds is 7. The van der Waals surface area contributed by atoms with E-state index in [1.807, 2.05) is 0 Å². The molecule has 11 heteroatoms.